The van der Waals surface area contributed by atoms with Crippen molar-refractivity contribution in [2.75, 3.05) is 18.0 Å². The summed E-state index contributed by atoms with van der Waals surface area (Å²) < 4.78 is 0.943. The number of carbonyl (C=O) groups excluding carboxylic acids is 1. The number of thiazole rings is 2. The van der Waals surface area contributed by atoms with Gasteiger partial charge in [0.25, 0.3) is 0 Å². The first-order valence-corrected chi connectivity index (χ1v) is 9.36. The van der Waals surface area contributed by atoms with E-state index in [-0.39, 0.29) is 5.78 Å². The number of aromatic nitrogens is 2. The molecule has 0 atom stereocenters. The Morgan fingerprint density at radius 1 is 1.21 bits per heavy atom. The highest BCUT2D eigenvalue weighted by Gasteiger charge is 2.15. The summed E-state index contributed by atoms with van der Waals surface area (Å²) >= 11 is 2.94. The lowest BCUT2D eigenvalue weighted by molar-refractivity contribution is 0.101. The van der Waals surface area contributed by atoms with Crippen LogP contribution in [0, 0.1) is 0 Å². The highest BCUT2D eigenvalue weighted by atomic mass is 32.1. The van der Waals surface area contributed by atoms with Crippen molar-refractivity contribution in [3.63, 3.8) is 0 Å². The van der Waals surface area contributed by atoms with Gasteiger partial charge in [-0.15, -0.1) is 21.6 Å². The molecule has 0 radical (unpaired) electrons. The van der Waals surface area contributed by atoms with Crippen molar-refractivity contribution in [1.29, 1.82) is 0 Å². The number of nitrogens with zero attached hydrogens (tertiary/aromatic N) is 5. The molecule has 8 heteroatoms. The zero-order chi connectivity index (χ0) is 16.5. The minimum absolute atomic E-state index is 0.0153. The molecule has 0 spiro atoms. The Morgan fingerprint density at radius 2 is 2.04 bits per heavy atom. The van der Waals surface area contributed by atoms with E-state index < -0.39 is 0 Å². The van der Waals surface area contributed by atoms with Gasteiger partial charge in [-0.2, -0.15) is 0 Å². The summed E-state index contributed by atoms with van der Waals surface area (Å²) in [6.07, 6.45) is 4.22. The molecule has 1 aromatic carbocycles. The molecule has 6 nitrogen and oxygen atoms in total. The molecule has 3 aromatic rings. The predicted octanol–water partition coefficient (Wildman–Crippen LogP) is 4.97. The molecule has 0 bridgehead atoms. The van der Waals surface area contributed by atoms with Gasteiger partial charge in [-0.3, -0.25) is 4.79 Å². The average Bonchev–Trinajstić information content (AvgIpc) is 3.30. The molecular weight excluding hydrogens is 342 g/mol. The van der Waals surface area contributed by atoms with Crippen molar-refractivity contribution in [2.45, 2.75) is 19.8 Å². The maximum atomic E-state index is 11.4. The SMILES string of the molecule is CC(=O)c1nc2ccc(/N=N/c3cnc(N4CCCC4)s3)cc2s1. The summed E-state index contributed by atoms with van der Waals surface area (Å²) in [5.41, 5.74) is 1.57. The molecule has 1 saturated heterocycles. The number of hydrogen-bond donors (Lipinski definition) is 0. The Balaban J connectivity index is 1.54. The van der Waals surface area contributed by atoms with Crippen LogP contribution < -0.4 is 4.90 Å². The topological polar surface area (TPSA) is 70.8 Å². The van der Waals surface area contributed by atoms with Crippen molar-refractivity contribution in [2.24, 2.45) is 10.2 Å². The van der Waals surface area contributed by atoms with Crippen LogP contribution in [0.4, 0.5) is 15.8 Å². The minimum Gasteiger partial charge on any atom is -0.348 e. The van der Waals surface area contributed by atoms with Crippen LogP contribution in [-0.4, -0.2) is 28.8 Å². The first-order chi connectivity index (χ1) is 11.7. The zero-order valence-corrected chi connectivity index (χ0v) is 14.7. The molecule has 0 amide bonds. The van der Waals surface area contributed by atoms with E-state index >= 15 is 0 Å². The Kier molecular flexibility index (Phi) is 4.07. The lowest BCUT2D eigenvalue weighted by Gasteiger charge is -2.11. The second kappa shape index (κ2) is 6.37. The normalized spacial score (nSPS) is 15.0. The quantitative estimate of drug-likeness (QED) is 0.488. The number of hydrogen-bond acceptors (Lipinski definition) is 8. The molecule has 1 fully saturated rings. The second-order valence-electron chi connectivity index (χ2n) is 5.60. The van der Waals surface area contributed by atoms with Crippen LogP contribution >= 0.6 is 22.7 Å². The van der Waals surface area contributed by atoms with Gasteiger partial charge >= 0.3 is 0 Å². The van der Waals surface area contributed by atoms with Crippen LogP contribution in [0.3, 0.4) is 0 Å². The number of ketones is 1. The Morgan fingerprint density at radius 3 is 2.83 bits per heavy atom. The summed E-state index contributed by atoms with van der Waals surface area (Å²) in [5.74, 6) is -0.0153. The van der Waals surface area contributed by atoms with Crippen LogP contribution in [-0.2, 0) is 0 Å². The molecular formula is C16H15N5OS2. The van der Waals surface area contributed by atoms with Gasteiger partial charge in [-0.1, -0.05) is 11.3 Å². The molecule has 2 aromatic heterocycles. The lowest BCUT2D eigenvalue weighted by atomic mass is 10.3. The lowest BCUT2D eigenvalue weighted by Crippen LogP contribution is -2.16. The van der Waals surface area contributed by atoms with E-state index in [4.69, 9.17) is 0 Å². The van der Waals surface area contributed by atoms with E-state index in [0.717, 1.165) is 39.1 Å². The third kappa shape index (κ3) is 3.07. The van der Waals surface area contributed by atoms with Crippen molar-refractivity contribution < 1.29 is 4.79 Å². The number of carbonyl (C=O) groups is 1. The molecule has 0 aliphatic carbocycles. The van der Waals surface area contributed by atoms with Crippen LogP contribution in [0.5, 0.6) is 0 Å². The number of benzene rings is 1. The molecule has 0 saturated carbocycles. The van der Waals surface area contributed by atoms with Gasteiger partial charge in [0, 0.05) is 20.0 Å². The Labute approximate surface area is 146 Å². The van der Waals surface area contributed by atoms with Crippen LogP contribution in [0.1, 0.15) is 29.6 Å². The van der Waals surface area contributed by atoms with Gasteiger partial charge in [-0.05, 0) is 31.0 Å². The smallest absolute Gasteiger partial charge is 0.188 e. The van der Waals surface area contributed by atoms with Crippen molar-refractivity contribution >= 4 is 54.5 Å². The first kappa shape index (κ1) is 15.3. The molecule has 1 aliphatic rings. The number of fused-ring (bicyclic) bond motifs is 1. The molecule has 0 unspecified atom stereocenters. The maximum Gasteiger partial charge on any atom is 0.188 e. The van der Waals surface area contributed by atoms with Gasteiger partial charge in [0.1, 0.15) is 0 Å². The molecule has 4 rings (SSSR count). The van der Waals surface area contributed by atoms with E-state index in [1.165, 1.54) is 31.1 Å². The highest BCUT2D eigenvalue weighted by molar-refractivity contribution is 7.20. The Hall–Kier alpha value is -2.19. The molecule has 1 aliphatic heterocycles. The fraction of sp³-hybridized carbons (Fsp3) is 0.312. The van der Waals surface area contributed by atoms with E-state index in [1.807, 2.05) is 18.2 Å². The predicted molar refractivity (Wildman–Crippen MR) is 97.4 cm³/mol. The third-order valence-electron chi connectivity index (χ3n) is 3.80. The number of rotatable bonds is 4. The average molecular weight is 357 g/mol. The van der Waals surface area contributed by atoms with Crippen molar-refractivity contribution in [1.82, 2.24) is 9.97 Å². The fourth-order valence-electron chi connectivity index (χ4n) is 2.59. The third-order valence-corrected chi connectivity index (χ3v) is 5.86. The second-order valence-corrected chi connectivity index (χ2v) is 7.62. The van der Waals surface area contributed by atoms with Crippen molar-refractivity contribution in [3.05, 3.63) is 29.4 Å². The minimum atomic E-state index is -0.0153. The summed E-state index contributed by atoms with van der Waals surface area (Å²) in [7, 11) is 0. The van der Waals surface area contributed by atoms with E-state index in [9.17, 15) is 4.79 Å². The molecule has 122 valence electrons. The van der Waals surface area contributed by atoms with E-state index in [0.29, 0.717) is 5.01 Å². The number of Topliss-reactive ketones (excluding diaryl/α,β-unsaturated/α-hetero) is 1. The van der Waals surface area contributed by atoms with E-state index in [2.05, 4.69) is 25.1 Å². The Bertz CT molecular complexity index is 924. The molecule has 24 heavy (non-hydrogen) atoms. The maximum absolute atomic E-state index is 11.4. The largest absolute Gasteiger partial charge is 0.348 e. The van der Waals surface area contributed by atoms with E-state index in [1.54, 1.807) is 17.5 Å². The van der Waals surface area contributed by atoms with Crippen LogP contribution in [0.25, 0.3) is 10.2 Å². The number of anilines is 1. The van der Waals surface area contributed by atoms with Gasteiger partial charge in [-0.25, -0.2) is 9.97 Å². The summed E-state index contributed by atoms with van der Waals surface area (Å²) in [6.45, 7) is 3.68. The van der Waals surface area contributed by atoms with Gasteiger partial charge in [0.2, 0.25) is 0 Å². The van der Waals surface area contributed by atoms with Gasteiger partial charge in [0.15, 0.2) is 20.9 Å². The standard InChI is InChI=1S/C16H15N5OS2/c1-10(22)15-18-12-5-4-11(8-13(12)23-15)19-20-14-9-17-16(24-14)21-6-2-3-7-21/h4-5,8-9H,2-3,6-7H2,1H3/b20-19+. The van der Waals surface area contributed by atoms with Crippen LogP contribution in [0.15, 0.2) is 34.6 Å². The summed E-state index contributed by atoms with van der Waals surface area (Å²) in [5, 5.41) is 10.9. The fourth-order valence-corrected chi connectivity index (χ4v) is 4.28. The zero-order valence-electron chi connectivity index (χ0n) is 13.1. The molecule has 0 N–H and O–H groups in total. The monoisotopic (exact) mass is 357 g/mol. The molecule has 3 heterocycles. The van der Waals surface area contributed by atoms with Crippen molar-refractivity contribution in [3.8, 4) is 0 Å². The van der Waals surface area contributed by atoms with Gasteiger partial charge in [0.05, 0.1) is 22.1 Å². The first-order valence-electron chi connectivity index (χ1n) is 7.73. The number of azo groups is 1. The highest BCUT2D eigenvalue weighted by Crippen LogP contribution is 2.33. The summed E-state index contributed by atoms with van der Waals surface area (Å²) in [6, 6.07) is 5.64. The summed E-state index contributed by atoms with van der Waals surface area (Å²) in [4.78, 5) is 22.4. The van der Waals surface area contributed by atoms with Crippen LogP contribution in [0.2, 0.25) is 0 Å². The van der Waals surface area contributed by atoms with Gasteiger partial charge < -0.3 is 4.90 Å².